The van der Waals surface area contributed by atoms with Crippen LogP contribution in [0.3, 0.4) is 0 Å². The number of halogens is 2. The molecule has 0 heterocycles. The minimum atomic E-state index is -3.54. The van der Waals surface area contributed by atoms with Gasteiger partial charge >= 0.3 is 0 Å². The molecule has 2 rings (SSSR count). The van der Waals surface area contributed by atoms with Gasteiger partial charge in [-0.05, 0) is 55.9 Å². The molecule has 19 heavy (non-hydrogen) atoms. The van der Waals surface area contributed by atoms with Gasteiger partial charge in [0.2, 0.25) is 10.0 Å². The van der Waals surface area contributed by atoms with Crippen molar-refractivity contribution < 1.29 is 12.8 Å². The van der Waals surface area contributed by atoms with Crippen LogP contribution in [0.5, 0.6) is 0 Å². The van der Waals surface area contributed by atoms with Crippen LogP contribution in [0.25, 0.3) is 0 Å². The van der Waals surface area contributed by atoms with Crippen molar-refractivity contribution in [1.82, 2.24) is 4.72 Å². The van der Waals surface area contributed by atoms with E-state index in [1.54, 1.807) is 6.92 Å². The van der Waals surface area contributed by atoms with Crippen molar-refractivity contribution in [3.8, 4) is 0 Å². The molecule has 0 spiro atoms. The lowest BCUT2D eigenvalue weighted by molar-refractivity contribution is 0.520. The predicted octanol–water partition coefficient (Wildman–Crippen LogP) is 2.98. The van der Waals surface area contributed by atoms with Crippen LogP contribution < -0.4 is 4.72 Å². The summed E-state index contributed by atoms with van der Waals surface area (Å²) in [5.74, 6) is -0.0470. The maximum atomic E-state index is 13.0. The molecule has 2 atom stereocenters. The summed E-state index contributed by atoms with van der Waals surface area (Å²) in [6.45, 7) is 2.04. The second-order valence-corrected chi connectivity index (χ2v) is 8.07. The summed E-state index contributed by atoms with van der Waals surface area (Å²) in [6.07, 6.45) is 3.10. The first-order valence-corrected chi connectivity index (χ1v) is 8.68. The van der Waals surface area contributed by atoms with E-state index in [-0.39, 0.29) is 4.90 Å². The number of hydrogen-bond acceptors (Lipinski definition) is 2. The molecule has 0 amide bonds. The Morgan fingerprint density at radius 1 is 1.42 bits per heavy atom. The third kappa shape index (κ3) is 3.77. The van der Waals surface area contributed by atoms with Gasteiger partial charge in [-0.2, -0.15) is 0 Å². The Hall–Kier alpha value is -0.460. The normalized spacial score (nSPS) is 23.7. The van der Waals surface area contributed by atoms with Crippen molar-refractivity contribution in [3.05, 3.63) is 29.6 Å². The molecule has 0 aromatic heterocycles. The summed E-state index contributed by atoms with van der Waals surface area (Å²) < 4.78 is 39.9. The highest BCUT2D eigenvalue weighted by Crippen LogP contribution is 2.30. The molecule has 106 valence electrons. The van der Waals surface area contributed by atoms with Crippen LogP contribution in [0, 0.1) is 18.7 Å². The van der Waals surface area contributed by atoms with E-state index in [1.807, 2.05) is 0 Å². The van der Waals surface area contributed by atoms with Gasteiger partial charge in [0.15, 0.2) is 0 Å². The lowest BCUT2D eigenvalue weighted by Crippen LogP contribution is -2.29. The third-order valence-electron chi connectivity index (χ3n) is 3.47. The Morgan fingerprint density at radius 3 is 2.74 bits per heavy atom. The van der Waals surface area contributed by atoms with Crippen LogP contribution in [0.4, 0.5) is 4.39 Å². The fourth-order valence-electron chi connectivity index (χ4n) is 2.42. The maximum absolute atomic E-state index is 13.0. The van der Waals surface area contributed by atoms with Crippen molar-refractivity contribution in [2.45, 2.75) is 35.9 Å². The fourth-order valence-corrected chi connectivity index (χ4v) is 4.55. The topological polar surface area (TPSA) is 46.2 Å². The van der Waals surface area contributed by atoms with Gasteiger partial charge in [0.05, 0.1) is 4.90 Å². The molecule has 1 N–H and O–H groups in total. The number of alkyl halides is 1. The summed E-state index contributed by atoms with van der Waals surface area (Å²) >= 11 is 3.54. The quantitative estimate of drug-likeness (QED) is 0.849. The molecule has 0 bridgehead atoms. The number of aryl methyl sites for hydroxylation is 1. The number of rotatable bonds is 4. The van der Waals surface area contributed by atoms with Crippen molar-refractivity contribution in [3.63, 3.8) is 0 Å². The van der Waals surface area contributed by atoms with Gasteiger partial charge in [-0.3, -0.25) is 0 Å². The maximum Gasteiger partial charge on any atom is 0.240 e. The van der Waals surface area contributed by atoms with E-state index in [9.17, 15) is 12.8 Å². The first kappa shape index (κ1) is 14.9. The zero-order chi connectivity index (χ0) is 14.0. The van der Waals surface area contributed by atoms with Crippen LogP contribution in [0.2, 0.25) is 0 Å². The molecule has 0 radical (unpaired) electrons. The van der Waals surface area contributed by atoms with Crippen LogP contribution in [0.1, 0.15) is 24.8 Å². The van der Waals surface area contributed by atoms with Crippen molar-refractivity contribution >= 4 is 26.0 Å². The molecule has 1 aliphatic carbocycles. The molecule has 6 heteroatoms. The van der Waals surface area contributed by atoms with Crippen LogP contribution in [-0.2, 0) is 10.0 Å². The zero-order valence-electron chi connectivity index (χ0n) is 10.7. The Bertz CT molecular complexity index is 562. The fraction of sp³-hybridized carbons (Fsp3) is 0.538. The summed E-state index contributed by atoms with van der Waals surface area (Å²) in [7, 11) is -3.54. The van der Waals surface area contributed by atoms with Gasteiger partial charge in [0, 0.05) is 11.4 Å². The molecule has 1 aromatic rings. The highest BCUT2D eigenvalue weighted by atomic mass is 79.9. The average Bonchev–Trinajstić information content (AvgIpc) is 2.72. The Labute approximate surface area is 121 Å². The monoisotopic (exact) mass is 349 g/mol. The van der Waals surface area contributed by atoms with E-state index in [0.29, 0.717) is 22.9 Å². The SMILES string of the molecule is Cc1cc(F)ccc1S(=O)(=O)NCC1CCC(Br)C1. The second-order valence-electron chi connectivity index (χ2n) is 5.04. The third-order valence-corrected chi connectivity index (χ3v) is 5.88. The van der Waals surface area contributed by atoms with Gasteiger partial charge in [-0.15, -0.1) is 0 Å². The molecule has 2 unspecified atom stereocenters. The van der Waals surface area contributed by atoms with Gasteiger partial charge in [-0.1, -0.05) is 15.9 Å². The van der Waals surface area contributed by atoms with Crippen molar-refractivity contribution in [2.24, 2.45) is 5.92 Å². The van der Waals surface area contributed by atoms with E-state index in [1.165, 1.54) is 18.2 Å². The lowest BCUT2D eigenvalue weighted by Gasteiger charge is -2.13. The number of sulfonamides is 1. The number of nitrogens with one attached hydrogen (secondary N) is 1. The molecule has 0 saturated heterocycles. The highest BCUT2D eigenvalue weighted by Gasteiger charge is 2.25. The minimum absolute atomic E-state index is 0.155. The van der Waals surface area contributed by atoms with E-state index in [2.05, 4.69) is 20.7 Å². The van der Waals surface area contributed by atoms with E-state index in [0.717, 1.165) is 19.3 Å². The smallest absolute Gasteiger partial charge is 0.211 e. The summed E-state index contributed by atoms with van der Waals surface area (Å²) in [4.78, 5) is 0.650. The van der Waals surface area contributed by atoms with Gasteiger partial charge in [0.1, 0.15) is 5.82 Å². The molecule has 0 aliphatic heterocycles. The van der Waals surface area contributed by atoms with E-state index < -0.39 is 15.8 Å². The van der Waals surface area contributed by atoms with Crippen LogP contribution in [0.15, 0.2) is 23.1 Å². The Balaban J connectivity index is 2.06. The molecular weight excluding hydrogens is 333 g/mol. The van der Waals surface area contributed by atoms with Gasteiger partial charge in [-0.25, -0.2) is 17.5 Å². The Kier molecular flexibility index (Phi) is 4.63. The van der Waals surface area contributed by atoms with Gasteiger partial charge in [0.25, 0.3) is 0 Å². The van der Waals surface area contributed by atoms with Gasteiger partial charge < -0.3 is 0 Å². The predicted molar refractivity (Wildman–Crippen MR) is 76.4 cm³/mol. The van der Waals surface area contributed by atoms with Crippen molar-refractivity contribution in [2.75, 3.05) is 6.54 Å². The molecular formula is C13H17BrFNO2S. The summed E-state index contributed by atoms with van der Waals surface area (Å²) in [5.41, 5.74) is 0.428. The highest BCUT2D eigenvalue weighted by molar-refractivity contribution is 9.09. The number of benzene rings is 1. The van der Waals surface area contributed by atoms with Crippen molar-refractivity contribution in [1.29, 1.82) is 0 Å². The largest absolute Gasteiger partial charge is 0.240 e. The summed E-state index contributed by atoms with van der Waals surface area (Å²) in [5, 5.41) is 0. The molecule has 1 saturated carbocycles. The minimum Gasteiger partial charge on any atom is -0.211 e. The molecule has 3 nitrogen and oxygen atoms in total. The first-order chi connectivity index (χ1) is 8.88. The number of hydrogen-bond donors (Lipinski definition) is 1. The average molecular weight is 350 g/mol. The molecule has 1 aliphatic rings. The van der Waals surface area contributed by atoms with E-state index >= 15 is 0 Å². The lowest BCUT2D eigenvalue weighted by atomic mass is 10.1. The zero-order valence-corrected chi connectivity index (χ0v) is 13.1. The molecule has 1 fully saturated rings. The molecule has 1 aromatic carbocycles. The van der Waals surface area contributed by atoms with Crippen LogP contribution in [-0.4, -0.2) is 19.8 Å². The second kappa shape index (κ2) is 5.89. The van der Waals surface area contributed by atoms with E-state index in [4.69, 9.17) is 0 Å². The first-order valence-electron chi connectivity index (χ1n) is 6.28. The van der Waals surface area contributed by atoms with Crippen LogP contribution >= 0.6 is 15.9 Å². The Morgan fingerprint density at radius 2 is 2.16 bits per heavy atom. The standard InChI is InChI=1S/C13H17BrFNO2S/c1-9-6-12(15)4-5-13(9)19(17,18)16-8-10-2-3-11(14)7-10/h4-6,10-11,16H,2-3,7-8H2,1H3. The summed E-state index contributed by atoms with van der Waals surface area (Å²) in [6, 6.07) is 3.72.